The molecular formula is C25H28N8S. The summed E-state index contributed by atoms with van der Waals surface area (Å²) in [6, 6.07) is 9.88. The fraction of sp³-hybridized carbons (Fsp3) is 0.400. The van der Waals surface area contributed by atoms with Gasteiger partial charge in [-0.05, 0) is 71.0 Å². The number of anilines is 1. The zero-order valence-electron chi connectivity index (χ0n) is 19.9. The van der Waals surface area contributed by atoms with Crippen molar-refractivity contribution < 1.29 is 0 Å². The highest BCUT2D eigenvalue weighted by molar-refractivity contribution is 7.14. The SMILES string of the molecule is CNc1cc(-c2ccc3cc(C#N)cnn23)ncc1-c1nnc(C2CCN(C(C)(C)C)CC2)s1. The maximum absolute atomic E-state index is 9.12. The summed E-state index contributed by atoms with van der Waals surface area (Å²) in [5, 5.41) is 27.9. The molecular weight excluding hydrogens is 444 g/mol. The first-order valence-electron chi connectivity index (χ1n) is 11.5. The number of nitrogens with one attached hydrogen (secondary N) is 1. The topological polar surface area (TPSA) is 95.0 Å². The van der Waals surface area contributed by atoms with Crippen molar-refractivity contribution in [3.63, 3.8) is 0 Å². The molecule has 0 spiro atoms. The second-order valence-electron chi connectivity index (χ2n) is 9.65. The van der Waals surface area contributed by atoms with Crippen LogP contribution in [0.25, 0.3) is 27.5 Å². The fourth-order valence-electron chi connectivity index (χ4n) is 4.53. The van der Waals surface area contributed by atoms with E-state index in [1.807, 2.05) is 37.5 Å². The van der Waals surface area contributed by atoms with Crippen molar-refractivity contribution in [1.82, 2.24) is 29.7 Å². The normalized spacial score (nSPS) is 15.5. The molecule has 0 aliphatic carbocycles. The second kappa shape index (κ2) is 8.78. The predicted octanol–water partition coefficient (Wildman–Crippen LogP) is 4.81. The van der Waals surface area contributed by atoms with Crippen LogP contribution in [0.15, 0.2) is 36.7 Å². The Kier molecular flexibility index (Phi) is 5.80. The molecule has 34 heavy (non-hydrogen) atoms. The predicted molar refractivity (Wildman–Crippen MR) is 135 cm³/mol. The molecule has 174 valence electrons. The Balaban J connectivity index is 1.40. The number of hydrogen-bond donors (Lipinski definition) is 1. The van der Waals surface area contributed by atoms with Crippen LogP contribution in [0.5, 0.6) is 0 Å². The van der Waals surface area contributed by atoms with E-state index in [1.165, 1.54) is 0 Å². The molecule has 0 atom stereocenters. The number of nitrogens with zero attached hydrogens (tertiary/aromatic N) is 7. The molecule has 5 heterocycles. The van der Waals surface area contributed by atoms with Gasteiger partial charge >= 0.3 is 0 Å². The smallest absolute Gasteiger partial charge is 0.151 e. The van der Waals surface area contributed by atoms with E-state index in [0.29, 0.717) is 11.5 Å². The Hall–Kier alpha value is -3.35. The molecule has 0 radical (unpaired) electrons. The van der Waals surface area contributed by atoms with E-state index in [2.05, 4.69) is 52.4 Å². The van der Waals surface area contributed by atoms with Gasteiger partial charge in [-0.15, -0.1) is 10.2 Å². The zero-order valence-corrected chi connectivity index (χ0v) is 20.7. The average Bonchev–Trinajstić information content (AvgIpc) is 3.50. The molecule has 1 fully saturated rings. The first-order chi connectivity index (χ1) is 16.4. The number of piperidine rings is 1. The Labute approximate surface area is 203 Å². The number of rotatable bonds is 4. The van der Waals surface area contributed by atoms with E-state index in [9.17, 15) is 0 Å². The fourth-order valence-corrected chi connectivity index (χ4v) is 5.57. The van der Waals surface area contributed by atoms with Gasteiger partial charge in [-0.1, -0.05) is 11.3 Å². The van der Waals surface area contributed by atoms with Crippen LogP contribution in [-0.2, 0) is 0 Å². The van der Waals surface area contributed by atoms with Crippen molar-refractivity contribution in [1.29, 1.82) is 5.26 Å². The van der Waals surface area contributed by atoms with Crippen molar-refractivity contribution in [2.45, 2.75) is 45.1 Å². The van der Waals surface area contributed by atoms with E-state index in [1.54, 1.807) is 22.0 Å². The number of pyridine rings is 1. The zero-order chi connectivity index (χ0) is 23.9. The largest absolute Gasteiger partial charge is 0.387 e. The van der Waals surface area contributed by atoms with E-state index in [4.69, 9.17) is 10.2 Å². The molecule has 4 aromatic rings. The summed E-state index contributed by atoms with van der Waals surface area (Å²) in [5.41, 5.74) is 5.16. The summed E-state index contributed by atoms with van der Waals surface area (Å²) in [6.45, 7) is 9.03. The summed E-state index contributed by atoms with van der Waals surface area (Å²) in [4.78, 5) is 7.27. The lowest BCUT2D eigenvalue weighted by molar-refractivity contribution is 0.102. The molecule has 1 aliphatic heterocycles. The van der Waals surface area contributed by atoms with Crippen LogP contribution in [-0.4, -0.2) is 55.4 Å². The Morgan fingerprint density at radius 2 is 1.91 bits per heavy atom. The number of aromatic nitrogens is 5. The molecule has 1 N–H and O–H groups in total. The van der Waals surface area contributed by atoms with Gasteiger partial charge < -0.3 is 5.32 Å². The number of nitriles is 1. The maximum Gasteiger partial charge on any atom is 0.151 e. The van der Waals surface area contributed by atoms with Gasteiger partial charge in [-0.2, -0.15) is 10.4 Å². The lowest BCUT2D eigenvalue weighted by atomic mass is 9.93. The summed E-state index contributed by atoms with van der Waals surface area (Å²) in [5.74, 6) is 0.464. The molecule has 4 aromatic heterocycles. The monoisotopic (exact) mass is 472 g/mol. The molecule has 0 saturated carbocycles. The maximum atomic E-state index is 9.12. The number of hydrogen-bond acceptors (Lipinski definition) is 8. The summed E-state index contributed by atoms with van der Waals surface area (Å²) in [7, 11) is 1.90. The molecule has 9 heteroatoms. The summed E-state index contributed by atoms with van der Waals surface area (Å²) < 4.78 is 1.80. The number of fused-ring (bicyclic) bond motifs is 1. The van der Waals surface area contributed by atoms with Crippen LogP contribution in [0, 0.1) is 11.3 Å². The van der Waals surface area contributed by atoms with Gasteiger partial charge in [0, 0.05) is 30.4 Å². The summed E-state index contributed by atoms with van der Waals surface area (Å²) >= 11 is 1.67. The van der Waals surface area contributed by atoms with Crippen molar-refractivity contribution >= 4 is 22.5 Å². The van der Waals surface area contributed by atoms with Crippen LogP contribution in [0.2, 0.25) is 0 Å². The minimum absolute atomic E-state index is 0.214. The first-order valence-corrected chi connectivity index (χ1v) is 12.3. The average molecular weight is 473 g/mol. The highest BCUT2D eigenvalue weighted by Gasteiger charge is 2.29. The third-order valence-electron chi connectivity index (χ3n) is 6.53. The van der Waals surface area contributed by atoms with E-state index >= 15 is 0 Å². The van der Waals surface area contributed by atoms with Crippen molar-refractivity contribution in [3.8, 4) is 28.0 Å². The van der Waals surface area contributed by atoms with Gasteiger partial charge in [0.25, 0.3) is 0 Å². The minimum Gasteiger partial charge on any atom is -0.387 e. The van der Waals surface area contributed by atoms with Crippen LogP contribution >= 0.6 is 11.3 Å². The second-order valence-corrected chi connectivity index (χ2v) is 10.7. The lowest BCUT2D eigenvalue weighted by Gasteiger charge is -2.40. The van der Waals surface area contributed by atoms with Crippen LogP contribution in [0.1, 0.15) is 50.1 Å². The molecule has 8 nitrogen and oxygen atoms in total. The van der Waals surface area contributed by atoms with Crippen LogP contribution in [0.3, 0.4) is 0 Å². The molecule has 0 unspecified atom stereocenters. The number of likely N-dealkylation sites (tertiary alicyclic amines) is 1. The van der Waals surface area contributed by atoms with Crippen molar-refractivity contribution in [2.24, 2.45) is 0 Å². The Morgan fingerprint density at radius 1 is 1.12 bits per heavy atom. The van der Waals surface area contributed by atoms with Gasteiger partial charge in [0.1, 0.15) is 11.1 Å². The van der Waals surface area contributed by atoms with Gasteiger partial charge in [-0.3, -0.25) is 9.88 Å². The Morgan fingerprint density at radius 3 is 2.62 bits per heavy atom. The van der Waals surface area contributed by atoms with Crippen LogP contribution in [0.4, 0.5) is 5.69 Å². The molecule has 1 saturated heterocycles. The molecule has 0 aromatic carbocycles. The van der Waals surface area contributed by atoms with E-state index in [0.717, 1.165) is 64.1 Å². The standard InChI is InChI=1S/C25H28N8S/c1-25(2,3)32-9-7-17(8-10-32)23-30-31-24(34-23)19-15-28-21(12-20(19)27-4)22-6-5-18-11-16(13-26)14-29-33(18)22/h5-6,11-12,14-15,17H,7-10H2,1-4H3,(H,27,28). The van der Waals surface area contributed by atoms with Gasteiger partial charge in [-0.25, -0.2) is 4.52 Å². The third-order valence-corrected chi connectivity index (χ3v) is 7.65. The molecule has 5 rings (SSSR count). The molecule has 0 amide bonds. The Bertz CT molecular complexity index is 1370. The van der Waals surface area contributed by atoms with Crippen LogP contribution < -0.4 is 5.32 Å². The minimum atomic E-state index is 0.214. The lowest BCUT2D eigenvalue weighted by Crippen LogP contribution is -2.45. The van der Waals surface area contributed by atoms with Crippen molar-refractivity contribution in [3.05, 3.63) is 47.2 Å². The molecule has 1 aliphatic rings. The third kappa shape index (κ3) is 4.15. The van der Waals surface area contributed by atoms with Gasteiger partial charge in [0.05, 0.1) is 34.2 Å². The van der Waals surface area contributed by atoms with Gasteiger partial charge in [0.2, 0.25) is 0 Å². The highest BCUT2D eigenvalue weighted by atomic mass is 32.1. The first kappa shape index (κ1) is 22.4. The summed E-state index contributed by atoms with van der Waals surface area (Å²) in [6.07, 6.45) is 5.66. The van der Waals surface area contributed by atoms with E-state index < -0.39 is 0 Å². The van der Waals surface area contributed by atoms with Crippen molar-refractivity contribution in [2.75, 3.05) is 25.5 Å². The quantitative estimate of drug-likeness (QED) is 0.455. The van der Waals surface area contributed by atoms with Gasteiger partial charge in [0.15, 0.2) is 5.01 Å². The highest BCUT2D eigenvalue weighted by Crippen LogP contribution is 2.37. The molecule has 0 bridgehead atoms. The van der Waals surface area contributed by atoms with E-state index in [-0.39, 0.29) is 5.54 Å².